The van der Waals surface area contributed by atoms with Crippen LogP contribution in [0.5, 0.6) is 0 Å². The molecule has 174 valence electrons. The van der Waals surface area contributed by atoms with Gasteiger partial charge in [0.15, 0.2) is 0 Å². The molecule has 0 radical (unpaired) electrons. The van der Waals surface area contributed by atoms with Gasteiger partial charge in [0.05, 0.1) is 5.69 Å². The van der Waals surface area contributed by atoms with E-state index in [1.165, 1.54) is 6.07 Å². The van der Waals surface area contributed by atoms with Gasteiger partial charge in [-0.2, -0.15) is 0 Å². The SMILES string of the molecule is Cc1cccc(F)c1NCc1cnc(Cl)nc1N[C@H]1CC[C@H](NC(=O)OC(C)(C)C)CC1. The molecule has 2 aromatic rings. The number of aromatic nitrogens is 2. The molecule has 0 atom stereocenters. The lowest BCUT2D eigenvalue weighted by Gasteiger charge is -2.31. The Kier molecular flexibility index (Phi) is 7.77. The highest BCUT2D eigenvalue weighted by atomic mass is 35.5. The fourth-order valence-corrected chi connectivity index (χ4v) is 3.86. The number of carbonyl (C=O) groups is 1. The summed E-state index contributed by atoms with van der Waals surface area (Å²) in [5, 5.41) is 9.70. The van der Waals surface area contributed by atoms with Gasteiger partial charge in [-0.25, -0.2) is 19.2 Å². The van der Waals surface area contributed by atoms with Crippen LogP contribution in [0.3, 0.4) is 0 Å². The van der Waals surface area contributed by atoms with Crippen LogP contribution in [0.1, 0.15) is 57.6 Å². The molecule has 1 aromatic carbocycles. The van der Waals surface area contributed by atoms with E-state index in [9.17, 15) is 9.18 Å². The lowest BCUT2D eigenvalue weighted by atomic mass is 9.91. The van der Waals surface area contributed by atoms with Gasteiger partial charge >= 0.3 is 6.09 Å². The Morgan fingerprint density at radius 2 is 1.91 bits per heavy atom. The van der Waals surface area contributed by atoms with E-state index in [1.807, 2.05) is 33.8 Å². The van der Waals surface area contributed by atoms with Crippen molar-refractivity contribution in [3.05, 3.63) is 46.6 Å². The Morgan fingerprint density at radius 3 is 2.56 bits per heavy atom. The average molecular weight is 464 g/mol. The van der Waals surface area contributed by atoms with E-state index in [2.05, 4.69) is 25.9 Å². The summed E-state index contributed by atoms with van der Waals surface area (Å²) in [7, 11) is 0. The summed E-state index contributed by atoms with van der Waals surface area (Å²) in [6.07, 6.45) is 4.66. The third kappa shape index (κ3) is 6.95. The van der Waals surface area contributed by atoms with Crippen molar-refractivity contribution < 1.29 is 13.9 Å². The van der Waals surface area contributed by atoms with Crippen LogP contribution in [-0.4, -0.2) is 33.7 Å². The van der Waals surface area contributed by atoms with Crippen LogP contribution < -0.4 is 16.0 Å². The first-order valence-electron chi connectivity index (χ1n) is 10.9. The number of halogens is 2. The second kappa shape index (κ2) is 10.3. The number of hydrogen-bond acceptors (Lipinski definition) is 6. The fraction of sp³-hybridized carbons (Fsp3) is 0.522. The van der Waals surface area contributed by atoms with Crippen molar-refractivity contribution in [3.63, 3.8) is 0 Å². The van der Waals surface area contributed by atoms with E-state index in [0.717, 1.165) is 36.8 Å². The predicted octanol–water partition coefficient (Wildman–Crippen LogP) is 5.44. The van der Waals surface area contributed by atoms with Crippen LogP contribution in [0.25, 0.3) is 0 Å². The average Bonchev–Trinajstić information content (AvgIpc) is 2.69. The Balaban J connectivity index is 1.57. The number of alkyl carbamates (subject to hydrolysis) is 1. The molecule has 1 aliphatic carbocycles. The fourth-order valence-electron chi connectivity index (χ4n) is 3.73. The zero-order chi connectivity index (χ0) is 23.3. The van der Waals surface area contributed by atoms with Gasteiger partial charge in [0.2, 0.25) is 5.28 Å². The Hall–Kier alpha value is -2.61. The van der Waals surface area contributed by atoms with Crippen LogP contribution in [0.2, 0.25) is 5.28 Å². The maximum absolute atomic E-state index is 14.1. The van der Waals surface area contributed by atoms with Crippen LogP contribution >= 0.6 is 11.6 Å². The lowest BCUT2D eigenvalue weighted by molar-refractivity contribution is 0.0492. The van der Waals surface area contributed by atoms with Crippen molar-refractivity contribution >= 4 is 29.2 Å². The van der Waals surface area contributed by atoms with Gasteiger partial charge < -0.3 is 20.7 Å². The van der Waals surface area contributed by atoms with Gasteiger partial charge in [-0.15, -0.1) is 0 Å². The topological polar surface area (TPSA) is 88.2 Å². The summed E-state index contributed by atoms with van der Waals surface area (Å²) in [6, 6.07) is 5.24. The first-order chi connectivity index (χ1) is 15.1. The van der Waals surface area contributed by atoms with Crippen molar-refractivity contribution in [3.8, 4) is 0 Å². The number of nitrogens with one attached hydrogen (secondary N) is 3. The van der Waals surface area contributed by atoms with E-state index in [0.29, 0.717) is 18.1 Å². The normalized spacial score (nSPS) is 18.7. The summed E-state index contributed by atoms with van der Waals surface area (Å²) < 4.78 is 19.5. The molecule has 1 saturated carbocycles. The monoisotopic (exact) mass is 463 g/mol. The second-order valence-electron chi connectivity index (χ2n) is 9.14. The highest BCUT2D eigenvalue weighted by Gasteiger charge is 2.25. The molecule has 1 heterocycles. The summed E-state index contributed by atoms with van der Waals surface area (Å²) >= 11 is 6.03. The number of amides is 1. The molecule has 3 rings (SSSR count). The van der Waals surface area contributed by atoms with Gasteiger partial charge in [0, 0.05) is 30.4 Å². The summed E-state index contributed by atoms with van der Waals surface area (Å²) in [4.78, 5) is 20.4. The van der Waals surface area contributed by atoms with Gasteiger partial charge in [-0.1, -0.05) is 12.1 Å². The van der Waals surface area contributed by atoms with E-state index < -0.39 is 5.60 Å². The van der Waals surface area contributed by atoms with Gasteiger partial charge in [-0.05, 0) is 76.6 Å². The standard InChI is InChI=1S/C23H31ClFN5O2/c1-14-6-5-7-18(25)19(14)26-12-15-13-27-21(24)30-20(15)28-16-8-10-17(11-9-16)29-22(31)32-23(2,3)4/h5-7,13,16-17,26H,8-12H2,1-4H3,(H,29,31)(H,27,28,30)/t16-,17-. The molecule has 9 heteroatoms. The Bertz CT molecular complexity index is 922. The van der Waals surface area contributed by atoms with Crippen molar-refractivity contribution in [1.29, 1.82) is 0 Å². The quantitative estimate of drug-likeness (QED) is 0.494. The minimum Gasteiger partial charge on any atom is -0.444 e. The predicted molar refractivity (Wildman–Crippen MR) is 125 cm³/mol. The first kappa shape index (κ1) is 24.0. The molecule has 1 fully saturated rings. The molecule has 0 unspecified atom stereocenters. The zero-order valence-electron chi connectivity index (χ0n) is 19.0. The summed E-state index contributed by atoms with van der Waals surface area (Å²) in [5.74, 6) is 0.334. The maximum Gasteiger partial charge on any atom is 0.407 e. The van der Waals surface area contributed by atoms with Crippen molar-refractivity contribution in [2.45, 2.75) is 77.6 Å². The molecule has 7 nitrogen and oxygen atoms in total. The minimum absolute atomic E-state index is 0.0852. The van der Waals surface area contributed by atoms with Gasteiger partial charge in [0.1, 0.15) is 17.2 Å². The molecule has 1 aromatic heterocycles. The molecular weight excluding hydrogens is 433 g/mol. The largest absolute Gasteiger partial charge is 0.444 e. The number of benzene rings is 1. The van der Waals surface area contributed by atoms with Crippen molar-refractivity contribution in [2.24, 2.45) is 0 Å². The van der Waals surface area contributed by atoms with Crippen molar-refractivity contribution in [2.75, 3.05) is 10.6 Å². The number of carbonyl (C=O) groups excluding carboxylic acids is 1. The highest BCUT2D eigenvalue weighted by Crippen LogP contribution is 2.26. The Labute approximate surface area is 193 Å². The molecule has 0 aliphatic heterocycles. The van der Waals surface area contributed by atoms with Crippen LogP contribution in [0.4, 0.5) is 20.7 Å². The molecular formula is C23H31ClFN5O2. The molecule has 0 spiro atoms. The molecule has 3 N–H and O–H groups in total. The third-order valence-corrected chi connectivity index (χ3v) is 5.48. The number of ether oxygens (including phenoxy) is 1. The van der Waals surface area contributed by atoms with E-state index in [-0.39, 0.29) is 29.3 Å². The third-order valence-electron chi connectivity index (χ3n) is 5.30. The molecule has 0 bridgehead atoms. The summed E-state index contributed by atoms with van der Waals surface area (Å²) in [6.45, 7) is 7.75. The highest BCUT2D eigenvalue weighted by molar-refractivity contribution is 6.28. The smallest absolute Gasteiger partial charge is 0.407 e. The van der Waals surface area contributed by atoms with E-state index >= 15 is 0 Å². The first-order valence-corrected chi connectivity index (χ1v) is 11.2. The van der Waals surface area contributed by atoms with Crippen LogP contribution in [0.15, 0.2) is 24.4 Å². The molecule has 1 aliphatic rings. The van der Waals surface area contributed by atoms with Gasteiger partial charge in [0.25, 0.3) is 0 Å². The number of nitrogens with zero attached hydrogens (tertiary/aromatic N) is 2. The maximum atomic E-state index is 14.1. The van der Waals surface area contributed by atoms with E-state index in [1.54, 1.807) is 12.3 Å². The number of para-hydroxylation sites is 1. The molecule has 1 amide bonds. The van der Waals surface area contributed by atoms with Crippen LogP contribution in [-0.2, 0) is 11.3 Å². The summed E-state index contributed by atoms with van der Waals surface area (Å²) in [5.41, 5.74) is 1.57. The molecule has 32 heavy (non-hydrogen) atoms. The second-order valence-corrected chi connectivity index (χ2v) is 9.48. The van der Waals surface area contributed by atoms with Gasteiger partial charge in [-0.3, -0.25) is 0 Å². The number of hydrogen-bond donors (Lipinski definition) is 3. The number of anilines is 2. The Morgan fingerprint density at radius 1 is 1.22 bits per heavy atom. The lowest BCUT2D eigenvalue weighted by Crippen LogP contribution is -2.42. The number of aryl methyl sites for hydroxylation is 1. The molecule has 0 saturated heterocycles. The van der Waals surface area contributed by atoms with Crippen molar-refractivity contribution in [1.82, 2.24) is 15.3 Å². The minimum atomic E-state index is -0.513. The van der Waals surface area contributed by atoms with E-state index in [4.69, 9.17) is 16.3 Å². The number of rotatable bonds is 6. The van der Waals surface area contributed by atoms with Crippen LogP contribution in [0, 0.1) is 12.7 Å². The zero-order valence-corrected chi connectivity index (χ0v) is 19.7.